The Morgan fingerprint density at radius 3 is 2.19 bits per heavy atom. The van der Waals surface area contributed by atoms with E-state index in [-0.39, 0.29) is 12.3 Å². The van der Waals surface area contributed by atoms with Gasteiger partial charge in [-0.3, -0.25) is 0 Å². The summed E-state index contributed by atoms with van der Waals surface area (Å²) in [5.74, 6) is -1.02. The van der Waals surface area contributed by atoms with Crippen molar-refractivity contribution in [1.82, 2.24) is 0 Å². The molecule has 190 valence electrons. The van der Waals surface area contributed by atoms with Crippen LogP contribution < -0.4 is 0 Å². The molecular formula is C25H20Cl2F4N2O2S. The van der Waals surface area contributed by atoms with Gasteiger partial charge in [0.25, 0.3) is 5.60 Å². The largest absolute Gasteiger partial charge is 0.435 e. The van der Waals surface area contributed by atoms with Gasteiger partial charge in [0.05, 0.1) is 32.0 Å². The van der Waals surface area contributed by atoms with Crippen molar-refractivity contribution < 1.29 is 26.6 Å². The van der Waals surface area contributed by atoms with Crippen LogP contribution in [0.15, 0.2) is 75.1 Å². The van der Waals surface area contributed by atoms with Gasteiger partial charge >= 0.3 is 6.18 Å². The van der Waals surface area contributed by atoms with Gasteiger partial charge in [-0.2, -0.15) is 13.2 Å². The zero-order chi connectivity index (χ0) is 26.3. The van der Waals surface area contributed by atoms with E-state index in [9.17, 15) is 21.8 Å². The second-order valence-electron chi connectivity index (χ2n) is 8.48. The summed E-state index contributed by atoms with van der Waals surface area (Å²) in [5, 5.41) is 2.59. The van der Waals surface area contributed by atoms with Gasteiger partial charge in [0.1, 0.15) is 0 Å². The maximum absolute atomic E-state index is 14.2. The standard InChI is InChI=1S/C25H20Cl2F4N2O2S/c1-15-3-9-19(10-4-15)36(2,34)32-14-16-5-7-17(8-6-16)22-13-24(35-33-22,25(29,30)31)18-11-20(26)23(28)21(27)12-18/h3-12H,13-14H2,1-2H3. The van der Waals surface area contributed by atoms with E-state index in [1.165, 1.54) is 0 Å². The Kier molecular flexibility index (Phi) is 7.11. The van der Waals surface area contributed by atoms with Gasteiger partial charge < -0.3 is 4.84 Å². The first-order chi connectivity index (χ1) is 16.8. The lowest BCUT2D eigenvalue weighted by Crippen LogP contribution is -2.42. The lowest BCUT2D eigenvalue weighted by Gasteiger charge is -2.29. The van der Waals surface area contributed by atoms with Crippen molar-refractivity contribution in [3.63, 3.8) is 0 Å². The number of nitrogens with zero attached hydrogens (tertiary/aromatic N) is 2. The number of benzene rings is 3. The fourth-order valence-corrected chi connectivity index (χ4v) is 5.39. The maximum Gasteiger partial charge on any atom is 0.435 e. The summed E-state index contributed by atoms with van der Waals surface area (Å²) in [5.41, 5.74) is -1.10. The lowest BCUT2D eigenvalue weighted by atomic mass is 9.86. The molecular weight excluding hydrogens is 539 g/mol. The van der Waals surface area contributed by atoms with Crippen LogP contribution in [0.3, 0.4) is 0 Å². The molecule has 4 nitrogen and oxygen atoms in total. The fourth-order valence-electron chi connectivity index (χ4n) is 3.71. The van der Waals surface area contributed by atoms with Crippen LogP contribution in [0.1, 0.15) is 28.7 Å². The van der Waals surface area contributed by atoms with Crippen LogP contribution in [0.25, 0.3) is 0 Å². The second-order valence-corrected chi connectivity index (χ2v) is 11.6. The van der Waals surface area contributed by atoms with Gasteiger partial charge in [-0.05, 0) is 42.3 Å². The topological polar surface area (TPSA) is 51.0 Å². The molecule has 0 aliphatic carbocycles. The van der Waals surface area contributed by atoms with E-state index >= 15 is 0 Å². The van der Waals surface area contributed by atoms with E-state index in [0.717, 1.165) is 23.3 Å². The minimum absolute atomic E-state index is 0.0475. The van der Waals surface area contributed by atoms with Crippen LogP contribution in [-0.2, 0) is 26.7 Å². The average molecular weight is 559 g/mol. The third-order valence-corrected chi connectivity index (χ3v) is 8.19. The summed E-state index contributed by atoms with van der Waals surface area (Å²) in [6.45, 7) is 2.09. The molecule has 11 heteroatoms. The predicted octanol–water partition coefficient (Wildman–Crippen LogP) is 7.68. The number of halogens is 6. The Labute approximate surface area is 216 Å². The molecule has 0 aromatic heterocycles. The van der Waals surface area contributed by atoms with Crippen LogP contribution in [0, 0.1) is 12.7 Å². The molecule has 3 aromatic carbocycles. The van der Waals surface area contributed by atoms with Crippen molar-refractivity contribution in [1.29, 1.82) is 0 Å². The molecule has 0 amide bonds. The van der Waals surface area contributed by atoms with E-state index in [1.807, 2.05) is 19.1 Å². The van der Waals surface area contributed by atoms with E-state index in [2.05, 4.69) is 9.52 Å². The Balaban J connectivity index is 1.56. The Morgan fingerprint density at radius 2 is 1.64 bits per heavy atom. The maximum atomic E-state index is 14.2. The Hall–Kier alpha value is -2.62. The molecule has 0 N–H and O–H groups in total. The van der Waals surface area contributed by atoms with Gasteiger partial charge in [0.15, 0.2) is 5.82 Å². The van der Waals surface area contributed by atoms with Gasteiger partial charge in [-0.1, -0.05) is 70.3 Å². The summed E-state index contributed by atoms with van der Waals surface area (Å²) < 4.78 is 73.6. The van der Waals surface area contributed by atoms with Gasteiger partial charge in [-0.25, -0.2) is 13.0 Å². The molecule has 2 atom stereocenters. The average Bonchev–Trinajstić information content (AvgIpc) is 3.29. The third-order valence-electron chi connectivity index (χ3n) is 5.88. The first kappa shape index (κ1) is 26.4. The summed E-state index contributed by atoms with van der Waals surface area (Å²) >= 11 is 11.5. The van der Waals surface area contributed by atoms with E-state index < -0.39 is 49.4 Å². The number of oxime groups is 1. The second kappa shape index (κ2) is 9.68. The number of alkyl halides is 3. The summed E-state index contributed by atoms with van der Waals surface area (Å²) in [6, 6.07) is 15.5. The van der Waals surface area contributed by atoms with Crippen molar-refractivity contribution in [2.75, 3.05) is 6.26 Å². The number of hydrogen-bond donors (Lipinski definition) is 0. The molecule has 0 bridgehead atoms. The highest BCUT2D eigenvalue weighted by Gasteiger charge is 2.62. The zero-order valence-electron chi connectivity index (χ0n) is 19.1. The van der Waals surface area contributed by atoms with Gasteiger partial charge in [-0.15, -0.1) is 0 Å². The molecule has 0 spiro atoms. The zero-order valence-corrected chi connectivity index (χ0v) is 21.4. The first-order valence-electron chi connectivity index (χ1n) is 10.6. The minimum Gasteiger partial charge on any atom is -0.374 e. The first-order valence-corrected chi connectivity index (χ1v) is 13.3. The quantitative estimate of drug-likeness (QED) is 0.238. The normalized spacial score (nSPS) is 19.4. The highest BCUT2D eigenvalue weighted by molar-refractivity contribution is 7.93. The van der Waals surface area contributed by atoms with Crippen LogP contribution in [0.5, 0.6) is 0 Å². The summed E-state index contributed by atoms with van der Waals surface area (Å²) in [7, 11) is -2.62. The lowest BCUT2D eigenvalue weighted by molar-refractivity contribution is -0.275. The van der Waals surface area contributed by atoms with Crippen molar-refractivity contribution >= 4 is 38.6 Å². The Bertz CT molecular complexity index is 1430. The highest BCUT2D eigenvalue weighted by atomic mass is 35.5. The molecule has 3 aromatic rings. The smallest absolute Gasteiger partial charge is 0.374 e. The van der Waals surface area contributed by atoms with Crippen molar-refractivity contribution in [3.8, 4) is 0 Å². The van der Waals surface area contributed by atoms with Crippen molar-refractivity contribution in [3.05, 3.63) is 98.8 Å². The number of hydrogen-bond acceptors (Lipinski definition) is 4. The number of aryl methyl sites for hydroxylation is 1. The minimum atomic E-state index is -4.89. The van der Waals surface area contributed by atoms with Crippen LogP contribution in [0.4, 0.5) is 17.6 Å². The molecule has 0 saturated heterocycles. The highest BCUT2D eigenvalue weighted by Crippen LogP contribution is 2.50. The molecule has 1 aliphatic rings. The monoisotopic (exact) mass is 558 g/mol. The van der Waals surface area contributed by atoms with Crippen LogP contribution in [-0.4, -0.2) is 22.4 Å². The molecule has 0 radical (unpaired) electrons. The molecule has 0 fully saturated rings. The van der Waals surface area contributed by atoms with Crippen molar-refractivity contribution in [2.45, 2.75) is 36.6 Å². The SMILES string of the molecule is Cc1ccc(S(C)(=O)=NCc2ccc(C3=NOC(c4cc(Cl)c(F)c(Cl)c4)(C(F)(F)F)C3)cc2)cc1. The molecule has 2 unspecified atom stereocenters. The van der Waals surface area contributed by atoms with Crippen LogP contribution >= 0.6 is 23.2 Å². The Morgan fingerprint density at radius 1 is 1.06 bits per heavy atom. The van der Waals surface area contributed by atoms with Crippen LogP contribution in [0.2, 0.25) is 10.0 Å². The van der Waals surface area contributed by atoms with Gasteiger partial charge in [0, 0.05) is 23.1 Å². The molecule has 4 rings (SSSR count). The molecule has 36 heavy (non-hydrogen) atoms. The van der Waals surface area contributed by atoms with Crippen molar-refractivity contribution in [2.24, 2.45) is 9.52 Å². The third kappa shape index (κ3) is 5.10. The summed E-state index contributed by atoms with van der Waals surface area (Å²) in [6.07, 6.45) is -3.99. The summed E-state index contributed by atoms with van der Waals surface area (Å²) in [4.78, 5) is 5.57. The fraction of sp³-hybridized carbons (Fsp3) is 0.240. The van der Waals surface area contributed by atoms with E-state index in [0.29, 0.717) is 10.5 Å². The van der Waals surface area contributed by atoms with E-state index in [1.54, 1.807) is 42.7 Å². The molecule has 1 heterocycles. The van der Waals surface area contributed by atoms with E-state index in [4.69, 9.17) is 28.0 Å². The molecule has 1 aliphatic heterocycles. The molecule has 0 saturated carbocycles. The van der Waals surface area contributed by atoms with Gasteiger partial charge in [0.2, 0.25) is 0 Å². The number of rotatable bonds is 5. The predicted molar refractivity (Wildman–Crippen MR) is 132 cm³/mol.